The minimum atomic E-state index is -0.764. The van der Waals surface area contributed by atoms with Crippen LogP contribution in [0.25, 0.3) is 0 Å². The van der Waals surface area contributed by atoms with E-state index in [0.29, 0.717) is 6.42 Å². The third-order valence-corrected chi connectivity index (χ3v) is 6.82. The second kappa shape index (κ2) is 4.98. The molecular weight excluding hydrogens is 282 g/mol. The van der Waals surface area contributed by atoms with E-state index in [-0.39, 0.29) is 17.6 Å². The monoisotopic (exact) mass is 305 g/mol. The average Bonchev–Trinajstić information content (AvgIpc) is 3.04. The lowest BCUT2D eigenvalue weighted by molar-refractivity contribution is -0.136. The normalized spacial score (nSPS) is 42.4. The minimum absolute atomic E-state index is 0.00490. The summed E-state index contributed by atoms with van der Waals surface area (Å²) in [6.07, 6.45) is 3.68. The number of aliphatic hydroxyl groups is 1. The van der Waals surface area contributed by atoms with Gasteiger partial charge in [-0.05, 0) is 48.5 Å². The number of benzene rings is 1. The van der Waals surface area contributed by atoms with Gasteiger partial charge in [-0.1, -0.05) is 24.3 Å². The maximum Gasteiger partial charge on any atom is 0.0947 e. The smallest absolute Gasteiger partial charge is 0.0947 e. The summed E-state index contributed by atoms with van der Waals surface area (Å²) in [4.78, 5) is 0. The van der Waals surface area contributed by atoms with E-state index in [1.165, 1.54) is 5.75 Å². The predicted molar refractivity (Wildman–Crippen MR) is 85.2 cm³/mol. The lowest BCUT2D eigenvalue weighted by Gasteiger charge is -2.44. The molecule has 4 rings (SSSR count). The fourth-order valence-electron chi connectivity index (χ4n) is 4.46. The Morgan fingerprint density at radius 1 is 1.29 bits per heavy atom. The number of rotatable bonds is 1. The van der Waals surface area contributed by atoms with Crippen molar-refractivity contribution in [2.24, 2.45) is 11.7 Å². The van der Waals surface area contributed by atoms with Gasteiger partial charge in [0.25, 0.3) is 0 Å². The highest BCUT2D eigenvalue weighted by Crippen LogP contribution is 2.52. The number of nitrogens with two attached hydrogens (primary N) is 1. The van der Waals surface area contributed by atoms with Gasteiger partial charge < -0.3 is 15.6 Å². The van der Waals surface area contributed by atoms with Gasteiger partial charge in [0.15, 0.2) is 0 Å². The number of hydrogen-bond acceptors (Lipinski definition) is 4. The Labute approximate surface area is 130 Å². The summed E-state index contributed by atoms with van der Waals surface area (Å²) in [7, 11) is 0. The van der Waals surface area contributed by atoms with E-state index < -0.39 is 5.60 Å². The molecule has 0 bridgehead atoms. The molecule has 114 valence electrons. The van der Waals surface area contributed by atoms with Crippen LogP contribution in [-0.2, 0) is 10.3 Å². The van der Waals surface area contributed by atoms with Crippen LogP contribution in [-0.4, -0.2) is 28.8 Å². The van der Waals surface area contributed by atoms with Gasteiger partial charge in [-0.25, -0.2) is 0 Å². The molecule has 2 heterocycles. The number of fused-ring (bicyclic) bond motifs is 1. The summed E-state index contributed by atoms with van der Waals surface area (Å²) in [5, 5.41) is 11.4. The second-order valence-corrected chi connectivity index (χ2v) is 7.95. The molecule has 2 fully saturated rings. The van der Waals surface area contributed by atoms with Crippen molar-refractivity contribution in [2.75, 3.05) is 18.1 Å². The SMILES string of the molecule is NC1CC(O)(C2CCOC3(CCSC3)C2)c2ccccc21. The standard InChI is InChI=1S/C17H23NO2S/c18-15-10-17(19,14-4-2-1-3-13(14)15)12-5-7-20-16(9-12)6-8-21-11-16/h1-4,12,15,19H,5-11,18H2. The lowest BCUT2D eigenvalue weighted by atomic mass is 9.73. The van der Waals surface area contributed by atoms with Gasteiger partial charge in [-0.2, -0.15) is 11.8 Å². The van der Waals surface area contributed by atoms with Gasteiger partial charge in [-0.15, -0.1) is 0 Å². The first-order chi connectivity index (χ1) is 10.1. The molecule has 0 radical (unpaired) electrons. The van der Waals surface area contributed by atoms with Crippen LogP contribution in [0.1, 0.15) is 42.9 Å². The molecule has 21 heavy (non-hydrogen) atoms. The van der Waals surface area contributed by atoms with E-state index in [2.05, 4.69) is 12.1 Å². The molecule has 1 aromatic rings. The first-order valence-electron chi connectivity index (χ1n) is 7.92. The Kier molecular flexibility index (Phi) is 3.34. The number of hydrogen-bond donors (Lipinski definition) is 2. The molecule has 1 aliphatic carbocycles. The summed E-state index contributed by atoms with van der Waals surface area (Å²) in [5.74, 6) is 2.52. The summed E-state index contributed by atoms with van der Waals surface area (Å²) < 4.78 is 6.11. The van der Waals surface area contributed by atoms with E-state index in [1.807, 2.05) is 23.9 Å². The molecule has 3 nitrogen and oxygen atoms in total. The van der Waals surface area contributed by atoms with E-state index >= 15 is 0 Å². The molecule has 0 aromatic heterocycles. The van der Waals surface area contributed by atoms with Crippen LogP contribution in [0.2, 0.25) is 0 Å². The fraction of sp³-hybridized carbons (Fsp3) is 0.647. The van der Waals surface area contributed by atoms with Crippen molar-refractivity contribution in [3.8, 4) is 0 Å². The molecule has 2 aliphatic heterocycles. The van der Waals surface area contributed by atoms with Crippen molar-refractivity contribution in [3.05, 3.63) is 35.4 Å². The van der Waals surface area contributed by atoms with Gasteiger partial charge in [0.2, 0.25) is 0 Å². The van der Waals surface area contributed by atoms with Crippen molar-refractivity contribution in [1.82, 2.24) is 0 Å². The van der Waals surface area contributed by atoms with Crippen molar-refractivity contribution in [2.45, 2.75) is 42.9 Å². The van der Waals surface area contributed by atoms with Gasteiger partial charge in [0, 0.05) is 18.4 Å². The van der Waals surface area contributed by atoms with Crippen molar-refractivity contribution >= 4 is 11.8 Å². The van der Waals surface area contributed by atoms with Crippen LogP contribution in [0.3, 0.4) is 0 Å². The zero-order valence-corrected chi connectivity index (χ0v) is 13.1. The highest BCUT2D eigenvalue weighted by molar-refractivity contribution is 7.99. The molecule has 3 aliphatic rings. The minimum Gasteiger partial charge on any atom is -0.385 e. The summed E-state index contributed by atoms with van der Waals surface area (Å²) in [5.41, 5.74) is 7.71. The second-order valence-electron chi connectivity index (χ2n) is 6.85. The maximum absolute atomic E-state index is 11.4. The molecule has 1 spiro atoms. The molecule has 0 saturated carbocycles. The molecular formula is C17H23NO2S. The largest absolute Gasteiger partial charge is 0.385 e. The maximum atomic E-state index is 11.4. The lowest BCUT2D eigenvalue weighted by Crippen LogP contribution is -2.46. The first kappa shape index (κ1) is 14.1. The first-order valence-corrected chi connectivity index (χ1v) is 9.08. The predicted octanol–water partition coefficient (Wildman–Crippen LogP) is 2.58. The molecule has 2 saturated heterocycles. The van der Waals surface area contributed by atoms with Gasteiger partial charge in [-0.3, -0.25) is 0 Å². The van der Waals surface area contributed by atoms with Crippen LogP contribution >= 0.6 is 11.8 Å². The van der Waals surface area contributed by atoms with Crippen molar-refractivity contribution in [3.63, 3.8) is 0 Å². The summed E-state index contributed by atoms with van der Waals surface area (Å²) in [6.45, 7) is 0.769. The van der Waals surface area contributed by atoms with E-state index in [4.69, 9.17) is 10.5 Å². The van der Waals surface area contributed by atoms with Gasteiger partial charge in [0.05, 0.1) is 11.2 Å². The van der Waals surface area contributed by atoms with Crippen molar-refractivity contribution < 1.29 is 9.84 Å². The van der Waals surface area contributed by atoms with Crippen molar-refractivity contribution in [1.29, 1.82) is 0 Å². The molecule has 0 amide bonds. The third kappa shape index (κ3) is 2.15. The Morgan fingerprint density at radius 2 is 2.14 bits per heavy atom. The van der Waals surface area contributed by atoms with Crippen LogP contribution in [0, 0.1) is 5.92 Å². The molecule has 4 heteroatoms. The van der Waals surface area contributed by atoms with Crippen LogP contribution in [0.15, 0.2) is 24.3 Å². The average molecular weight is 305 g/mol. The molecule has 4 unspecified atom stereocenters. The topological polar surface area (TPSA) is 55.5 Å². The van der Waals surface area contributed by atoms with Crippen LogP contribution in [0.5, 0.6) is 0 Å². The molecule has 3 N–H and O–H groups in total. The number of ether oxygens (including phenoxy) is 1. The Morgan fingerprint density at radius 3 is 2.95 bits per heavy atom. The molecule has 1 aromatic carbocycles. The summed E-state index contributed by atoms with van der Waals surface area (Å²) in [6, 6.07) is 8.13. The Balaban J connectivity index is 1.66. The number of thioether (sulfide) groups is 1. The third-order valence-electron chi connectivity index (χ3n) is 5.59. The zero-order chi connectivity index (χ0) is 14.5. The fourth-order valence-corrected chi connectivity index (χ4v) is 5.83. The van der Waals surface area contributed by atoms with Gasteiger partial charge in [0.1, 0.15) is 0 Å². The summed E-state index contributed by atoms with van der Waals surface area (Å²) >= 11 is 1.98. The van der Waals surface area contributed by atoms with E-state index in [0.717, 1.165) is 42.7 Å². The highest BCUT2D eigenvalue weighted by Gasteiger charge is 2.51. The zero-order valence-electron chi connectivity index (χ0n) is 12.3. The quantitative estimate of drug-likeness (QED) is 0.837. The molecule has 4 atom stereocenters. The Bertz CT molecular complexity index is 543. The van der Waals surface area contributed by atoms with Crippen LogP contribution in [0.4, 0.5) is 0 Å². The Hall–Kier alpha value is -0.550. The van der Waals surface area contributed by atoms with E-state index in [1.54, 1.807) is 0 Å². The van der Waals surface area contributed by atoms with Gasteiger partial charge >= 0.3 is 0 Å². The van der Waals surface area contributed by atoms with E-state index in [9.17, 15) is 5.11 Å². The highest BCUT2D eigenvalue weighted by atomic mass is 32.2. The van der Waals surface area contributed by atoms with Crippen LogP contribution < -0.4 is 5.73 Å².